The Kier molecular flexibility index (Phi) is 6.61. The lowest BCUT2D eigenvalue weighted by atomic mass is 10.1. The third-order valence-electron chi connectivity index (χ3n) is 4.62. The second kappa shape index (κ2) is 9.12. The summed E-state index contributed by atoms with van der Waals surface area (Å²) >= 11 is 6.02. The molecule has 6 heteroatoms. The summed E-state index contributed by atoms with van der Waals surface area (Å²) in [5.74, 6) is -0.166. The van der Waals surface area contributed by atoms with Gasteiger partial charge in [-0.15, -0.1) is 0 Å². The summed E-state index contributed by atoms with van der Waals surface area (Å²) in [7, 11) is 1.61. The minimum Gasteiger partial charge on any atom is -0.378 e. The fourth-order valence-corrected chi connectivity index (χ4v) is 3.44. The van der Waals surface area contributed by atoms with Crippen LogP contribution in [0.15, 0.2) is 42.5 Å². The van der Waals surface area contributed by atoms with E-state index in [-0.39, 0.29) is 11.9 Å². The standard InChI is InChI=1S/C20H24ClN3O2/c1-26-14-17-5-4-6-18(23-17)20(25)22-13-19(24-11-2-3-12-24)15-7-9-16(21)10-8-15/h4-10,19H,2-3,11-14H2,1H3,(H,22,25)/t19-/m1/s1. The van der Waals surface area contributed by atoms with Crippen LogP contribution in [0.25, 0.3) is 0 Å². The van der Waals surface area contributed by atoms with Crippen molar-refractivity contribution >= 4 is 17.5 Å². The van der Waals surface area contributed by atoms with Crippen molar-refractivity contribution in [1.82, 2.24) is 15.2 Å². The highest BCUT2D eigenvalue weighted by atomic mass is 35.5. The van der Waals surface area contributed by atoms with Crippen molar-refractivity contribution in [2.45, 2.75) is 25.5 Å². The van der Waals surface area contributed by atoms with Crippen molar-refractivity contribution in [2.24, 2.45) is 0 Å². The van der Waals surface area contributed by atoms with Crippen molar-refractivity contribution in [2.75, 3.05) is 26.7 Å². The number of ether oxygens (including phenoxy) is 1. The van der Waals surface area contributed by atoms with Crippen LogP contribution in [-0.4, -0.2) is 42.5 Å². The molecule has 0 bridgehead atoms. The summed E-state index contributed by atoms with van der Waals surface area (Å²) in [6.07, 6.45) is 2.39. The maximum atomic E-state index is 12.6. The van der Waals surface area contributed by atoms with Crippen LogP contribution in [0.5, 0.6) is 0 Å². The number of benzene rings is 1. The van der Waals surface area contributed by atoms with Gasteiger partial charge in [0.25, 0.3) is 5.91 Å². The molecule has 1 aliphatic heterocycles. The predicted octanol–water partition coefficient (Wildman–Crippen LogP) is 3.45. The second-order valence-corrected chi connectivity index (χ2v) is 6.90. The first kappa shape index (κ1) is 18.8. The Labute approximate surface area is 159 Å². The number of nitrogens with one attached hydrogen (secondary N) is 1. The van der Waals surface area contributed by atoms with Gasteiger partial charge >= 0.3 is 0 Å². The fraction of sp³-hybridized carbons (Fsp3) is 0.400. The Morgan fingerprint density at radius 2 is 1.96 bits per heavy atom. The highest BCUT2D eigenvalue weighted by Gasteiger charge is 2.24. The number of amides is 1. The molecule has 0 aliphatic carbocycles. The Morgan fingerprint density at radius 3 is 2.65 bits per heavy atom. The van der Waals surface area contributed by atoms with E-state index >= 15 is 0 Å². The van der Waals surface area contributed by atoms with Crippen molar-refractivity contribution in [1.29, 1.82) is 0 Å². The summed E-state index contributed by atoms with van der Waals surface area (Å²) < 4.78 is 5.08. The molecule has 0 radical (unpaired) electrons. The molecular formula is C20H24ClN3O2. The van der Waals surface area contributed by atoms with E-state index in [1.54, 1.807) is 13.2 Å². The Morgan fingerprint density at radius 1 is 1.23 bits per heavy atom. The topological polar surface area (TPSA) is 54.5 Å². The molecule has 2 aromatic rings. The first-order chi connectivity index (χ1) is 12.7. The third-order valence-corrected chi connectivity index (χ3v) is 4.88. The van der Waals surface area contributed by atoms with Crippen molar-refractivity contribution in [3.05, 3.63) is 64.4 Å². The largest absolute Gasteiger partial charge is 0.378 e. The van der Waals surface area contributed by atoms with Gasteiger partial charge in [0.2, 0.25) is 0 Å². The lowest BCUT2D eigenvalue weighted by Crippen LogP contribution is -2.37. The number of methoxy groups -OCH3 is 1. The average molecular weight is 374 g/mol. The number of rotatable bonds is 7. The molecule has 138 valence electrons. The van der Waals surface area contributed by atoms with E-state index in [1.807, 2.05) is 36.4 Å². The van der Waals surface area contributed by atoms with E-state index in [2.05, 4.69) is 15.2 Å². The molecule has 1 saturated heterocycles. The minimum absolute atomic E-state index is 0.140. The molecule has 1 aliphatic rings. The van der Waals surface area contributed by atoms with E-state index in [0.717, 1.165) is 29.4 Å². The Bertz CT molecular complexity index is 730. The van der Waals surface area contributed by atoms with Crippen molar-refractivity contribution in [3.63, 3.8) is 0 Å². The van der Waals surface area contributed by atoms with Crippen LogP contribution in [0, 0.1) is 0 Å². The number of halogens is 1. The van der Waals surface area contributed by atoms with Gasteiger partial charge in [0.15, 0.2) is 0 Å². The SMILES string of the molecule is COCc1cccc(C(=O)NC[C@H](c2ccc(Cl)cc2)N2CCCC2)n1. The average Bonchev–Trinajstić information content (AvgIpc) is 3.18. The number of nitrogens with zero attached hydrogens (tertiary/aromatic N) is 2. The number of pyridine rings is 1. The lowest BCUT2D eigenvalue weighted by molar-refractivity contribution is 0.0932. The van der Waals surface area contributed by atoms with Crippen LogP contribution in [0.1, 0.15) is 40.6 Å². The molecule has 1 N–H and O–H groups in total. The molecule has 3 rings (SSSR count). The molecule has 1 fully saturated rings. The van der Waals surface area contributed by atoms with Gasteiger partial charge < -0.3 is 10.1 Å². The molecule has 1 aromatic carbocycles. The highest BCUT2D eigenvalue weighted by molar-refractivity contribution is 6.30. The summed E-state index contributed by atoms with van der Waals surface area (Å²) in [5.41, 5.74) is 2.32. The smallest absolute Gasteiger partial charge is 0.269 e. The van der Waals surface area contributed by atoms with Crippen LogP contribution in [-0.2, 0) is 11.3 Å². The highest BCUT2D eigenvalue weighted by Crippen LogP contribution is 2.25. The number of hydrogen-bond acceptors (Lipinski definition) is 4. The molecule has 0 saturated carbocycles. The maximum absolute atomic E-state index is 12.6. The number of aromatic nitrogens is 1. The molecule has 0 unspecified atom stereocenters. The van der Waals surface area contributed by atoms with Crippen LogP contribution in [0.2, 0.25) is 5.02 Å². The van der Waals surface area contributed by atoms with Gasteiger partial charge in [-0.1, -0.05) is 29.8 Å². The van der Waals surface area contributed by atoms with E-state index in [4.69, 9.17) is 16.3 Å². The van der Waals surface area contributed by atoms with Gasteiger partial charge in [-0.2, -0.15) is 0 Å². The molecule has 1 atom stereocenters. The lowest BCUT2D eigenvalue weighted by Gasteiger charge is -2.28. The van der Waals surface area contributed by atoms with E-state index in [9.17, 15) is 4.79 Å². The molecule has 1 aromatic heterocycles. The zero-order chi connectivity index (χ0) is 18.4. The molecule has 1 amide bonds. The van der Waals surface area contributed by atoms with Crippen LogP contribution >= 0.6 is 11.6 Å². The van der Waals surface area contributed by atoms with Gasteiger partial charge in [0.05, 0.1) is 18.3 Å². The minimum atomic E-state index is -0.166. The first-order valence-electron chi connectivity index (χ1n) is 8.90. The van der Waals surface area contributed by atoms with Gasteiger partial charge in [-0.25, -0.2) is 4.98 Å². The van der Waals surface area contributed by atoms with E-state index in [1.165, 1.54) is 12.8 Å². The number of carbonyl (C=O) groups excluding carboxylic acids is 1. The van der Waals surface area contributed by atoms with Crippen LogP contribution in [0.4, 0.5) is 0 Å². The normalized spacial score (nSPS) is 15.8. The van der Waals surface area contributed by atoms with Crippen molar-refractivity contribution in [3.8, 4) is 0 Å². The number of hydrogen-bond donors (Lipinski definition) is 1. The summed E-state index contributed by atoms with van der Waals surface area (Å²) in [6, 6.07) is 13.4. The Balaban J connectivity index is 1.70. The summed E-state index contributed by atoms with van der Waals surface area (Å²) in [6.45, 7) is 3.02. The van der Waals surface area contributed by atoms with Gasteiger partial charge in [-0.05, 0) is 55.8 Å². The molecular weight excluding hydrogens is 350 g/mol. The van der Waals surface area contributed by atoms with Crippen molar-refractivity contribution < 1.29 is 9.53 Å². The third kappa shape index (κ3) is 4.81. The molecule has 26 heavy (non-hydrogen) atoms. The predicted molar refractivity (Wildman–Crippen MR) is 102 cm³/mol. The molecule has 0 spiro atoms. The maximum Gasteiger partial charge on any atom is 0.269 e. The number of carbonyl (C=O) groups is 1. The quantitative estimate of drug-likeness (QED) is 0.807. The summed E-state index contributed by atoms with van der Waals surface area (Å²) in [4.78, 5) is 19.3. The fourth-order valence-electron chi connectivity index (χ4n) is 3.31. The zero-order valence-corrected chi connectivity index (χ0v) is 15.7. The molecule has 2 heterocycles. The monoisotopic (exact) mass is 373 g/mol. The summed E-state index contributed by atoms with van der Waals surface area (Å²) in [5, 5.41) is 3.76. The van der Waals surface area contributed by atoms with Gasteiger partial charge in [0.1, 0.15) is 5.69 Å². The van der Waals surface area contributed by atoms with Gasteiger partial charge in [-0.3, -0.25) is 9.69 Å². The van der Waals surface area contributed by atoms with Crippen LogP contribution < -0.4 is 5.32 Å². The molecule has 5 nitrogen and oxygen atoms in total. The van der Waals surface area contributed by atoms with E-state index in [0.29, 0.717) is 18.8 Å². The van der Waals surface area contributed by atoms with E-state index < -0.39 is 0 Å². The number of likely N-dealkylation sites (tertiary alicyclic amines) is 1. The van der Waals surface area contributed by atoms with Gasteiger partial charge in [0, 0.05) is 18.7 Å². The zero-order valence-electron chi connectivity index (χ0n) is 15.0. The first-order valence-corrected chi connectivity index (χ1v) is 9.28. The van der Waals surface area contributed by atoms with Crippen LogP contribution in [0.3, 0.4) is 0 Å². The second-order valence-electron chi connectivity index (χ2n) is 6.47. The Hall–Kier alpha value is -1.95.